The number of hydrogen-bond acceptors (Lipinski definition) is 3. The first-order valence-corrected chi connectivity index (χ1v) is 9.03. The van der Waals surface area contributed by atoms with Crippen molar-refractivity contribution in [2.24, 2.45) is 11.3 Å². The molecule has 3 nitrogen and oxygen atoms in total. The van der Waals surface area contributed by atoms with Gasteiger partial charge < -0.3 is 9.47 Å². The first-order valence-electron chi connectivity index (χ1n) is 9.03. The molecule has 3 heteroatoms. The molecule has 1 heterocycles. The lowest BCUT2D eigenvalue weighted by molar-refractivity contribution is -0.162. The Hall–Kier alpha value is -1.45. The van der Waals surface area contributed by atoms with Crippen LogP contribution in [0.2, 0.25) is 0 Å². The normalized spacial score (nSPS) is 33.8. The van der Waals surface area contributed by atoms with Crippen molar-refractivity contribution in [2.75, 3.05) is 0 Å². The molecule has 0 unspecified atom stereocenters. The van der Waals surface area contributed by atoms with Gasteiger partial charge in [0.05, 0.1) is 6.10 Å². The van der Waals surface area contributed by atoms with Gasteiger partial charge in [0, 0.05) is 11.3 Å². The van der Waals surface area contributed by atoms with Crippen LogP contribution in [0.25, 0.3) is 0 Å². The maximum atomic E-state index is 12.6. The van der Waals surface area contributed by atoms with Crippen LogP contribution in [0.5, 0.6) is 0 Å². The Bertz CT molecular complexity index is 634. The predicted octanol–water partition coefficient (Wildman–Crippen LogP) is 5.15. The first-order chi connectivity index (χ1) is 11.5. The molecule has 2 rings (SSSR count). The Morgan fingerprint density at radius 1 is 1.16 bits per heavy atom. The van der Waals surface area contributed by atoms with Crippen molar-refractivity contribution < 1.29 is 14.3 Å². The van der Waals surface area contributed by atoms with Crippen molar-refractivity contribution in [3.63, 3.8) is 0 Å². The zero-order valence-electron chi connectivity index (χ0n) is 16.5. The van der Waals surface area contributed by atoms with Gasteiger partial charge in [0.1, 0.15) is 6.10 Å². The number of rotatable bonds is 5. The van der Waals surface area contributed by atoms with Gasteiger partial charge in [-0.2, -0.15) is 0 Å². The van der Waals surface area contributed by atoms with Gasteiger partial charge in [0.2, 0.25) is 0 Å². The number of carbonyl (C=O) groups excluding carboxylic acids is 1. The lowest BCUT2D eigenvalue weighted by Gasteiger charge is -2.44. The highest BCUT2D eigenvalue weighted by Gasteiger charge is 2.55. The van der Waals surface area contributed by atoms with E-state index in [1.165, 1.54) is 11.6 Å². The maximum absolute atomic E-state index is 12.6. The third-order valence-electron chi connectivity index (χ3n) is 5.47. The van der Waals surface area contributed by atoms with Crippen LogP contribution in [0.4, 0.5) is 0 Å². The predicted molar refractivity (Wildman–Crippen MR) is 102 cm³/mol. The summed E-state index contributed by atoms with van der Waals surface area (Å²) in [5, 5.41) is 0. The van der Waals surface area contributed by atoms with Crippen LogP contribution in [0.3, 0.4) is 0 Å². The summed E-state index contributed by atoms with van der Waals surface area (Å²) in [5.74, 6) is -0.770. The van der Waals surface area contributed by atoms with Crippen LogP contribution in [0.15, 0.2) is 48.1 Å². The molecule has 1 aliphatic heterocycles. The second-order valence-electron chi connectivity index (χ2n) is 8.25. The molecular formula is C22H32O3. The number of ether oxygens (including phenoxy) is 2. The fourth-order valence-corrected chi connectivity index (χ4v) is 4.29. The molecule has 0 amide bonds. The topological polar surface area (TPSA) is 35.5 Å². The van der Waals surface area contributed by atoms with E-state index >= 15 is 0 Å². The van der Waals surface area contributed by atoms with E-state index in [4.69, 9.17) is 9.47 Å². The molecule has 138 valence electrons. The maximum Gasteiger partial charge on any atom is 0.164 e. The van der Waals surface area contributed by atoms with E-state index in [0.29, 0.717) is 6.42 Å². The first kappa shape index (κ1) is 19.9. The molecule has 1 fully saturated rings. The Balaban J connectivity index is 2.54. The highest BCUT2D eigenvalue weighted by atomic mass is 16.8. The van der Waals surface area contributed by atoms with Gasteiger partial charge in [-0.3, -0.25) is 4.79 Å². The zero-order valence-corrected chi connectivity index (χ0v) is 16.5. The third-order valence-corrected chi connectivity index (χ3v) is 5.47. The summed E-state index contributed by atoms with van der Waals surface area (Å²) in [7, 11) is 0. The van der Waals surface area contributed by atoms with Crippen LogP contribution >= 0.6 is 0 Å². The second kappa shape index (κ2) is 7.05. The molecular weight excluding hydrogens is 312 g/mol. The van der Waals surface area contributed by atoms with Crippen LogP contribution < -0.4 is 0 Å². The largest absolute Gasteiger partial charge is 0.344 e. The van der Waals surface area contributed by atoms with Crippen molar-refractivity contribution in [3.8, 4) is 0 Å². The molecule has 0 aromatic rings. The minimum Gasteiger partial charge on any atom is -0.344 e. The van der Waals surface area contributed by atoms with E-state index in [1.54, 1.807) is 0 Å². The Labute approximate surface area is 152 Å². The Morgan fingerprint density at radius 3 is 2.32 bits per heavy atom. The van der Waals surface area contributed by atoms with Gasteiger partial charge in [-0.1, -0.05) is 43.4 Å². The average molecular weight is 344 g/mol. The molecule has 0 N–H and O–H groups in total. The lowest BCUT2D eigenvalue weighted by Crippen LogP contribution is -2.48. The summed E-state index contributed by atoms with van der Waals surface area (Å²) in [5.41, 5.74) is 2.90. The second-order valence-corrected chi connectivity index (χ2v) is 8.25. The van der Waals surface area contributed by atoms with E-state index < -0.39 is 5.79 Å². The van der Waals surface area contributed by atoms with Gasteiger partial charge in [0.25, 0.3) is 0 Å². The summed E-state index contributed by atoms with van der Waals surface area (Å²) in [6.07, 6.45) is 6.73. The highest BCUT2D eigenvalue weighted by Crippen LogP contribution is 2.50. The Morgan fingerprint density at radius 2 is 1.80 bits per heavy atom. The number of allylic oxidation sites excluding steroid dienone is 4. The molecule has 0 radical (unpaired) electrons. The van der Waals surface area contributed by atoms with Gasteiger partial charge in [0.15, 0.2) is 11.6 Å². The molecule has 1 saturated heterocycles. The van der Waals surface area contributed by atoms with E-state index in [0.717, 1.165) is 17.6 Å². The molecule has 0 aromatic carbocycles. The van der Waals surface area contributed by atoms with Crippen molar-refractivity contribution in [1.29, 1.82) is 0 Å². The zero-order chi connectivity index (χ0) is 19.0. The summed E-state index contributed by atoms with van der Waals surface area (Å²) in [4.78, 5) is 12.6. The minimum atomic E-state index is -0.697. The third kappa shape index (κ3) is 3.73. The van der Waals surface area contributed by atoms with Crippen molar-refractivity contribution in [2.45, 2.75) is 72.4 Å². The molecule has 0 saturated carbocycles. The van der Waals surface area contributed by atoms with Gasteiger partial charge in [-0.15, -0.1) is 0 Å². The summed E-state index contributed by atoms with van der Waals surface area (Å²) < 4.78 is 12.7. The number of hydrogen-bond donors (Lipinski definition) is 0. The summed E-state index contributed by atoms with van der Waals surface area (Å²) in [6.45, 7) is 20.0. The molecule has 2 aliphatic rings. The van der Waals surface area contributed by atoms with Crippen molar-refractivity contribution in [1.82, 2.24) is 0 Å². The fourth-order valence-electron chi connectivity index (χ4n) is 4.29. The van der Waals surface area contributed by atoms with Gasteiger partial charge in [-0.05, 0) is 59.1 Å². The average Bonchev–Trinajstić information content (AvgIpc) is 2.82. The smallest absolute Gasteiger partial charge is 0.164 e. The van der Waals surface area contributed by atoms with E-state index in [-0.39, 0.29) is 29.3 Å². The monoisotopic (exact) mass is 344 g/mol. The van der Waals surface area contributed by atoms with Gasteiger partial charge >= 0.3 is 0 Å². The molecule has 0 spiro atoms. The standard InChI is InChI=1S/C22H32O3/c1-9-17(23)16-12-10-11-13-22(16,8)20-19(24-21(6,7)25-20)18(14(2)3)15(4)5/h9-11,16,19-20H,1-2,12-13H2,3-8H3/t16-,19+,20-,22+/m0/s1. The SMILES string of the molecule is C=CC(=O)[C@@H]1CC=CC[C@@]1(C)[C@H]1OC(C)(C)O[C@@H]1C(C(=C)C)=C(C)C. The number of ketones is 1. The quantitative estimate of drug-likeness (QED) is 0.393. The van der Waals surface area contributed by atoms with Crippen LogP contribution in [0.1, 0.15) is 54.4 Å². The Kier molecular flexibility index (Phi) is 5.60. The number of carbonyl (C=O) groups is 1. The molecule has 4 atom stereocenters. The molecule has 0 aromatic heterocycles. The molecule has 25 heavy (non-hydrogen) atoms. The van der Waals surface area contributed by atoms with E-state index in [9.17, 15) is 4.79 Å². The van der Waals surface area contributed by atoms with E-state index in [1.807, 2.05) is 20.8 Å². The summed E-state index contributed by atoms with van der Waals surface area (Å²) >= 11 is 0. The highest BCUT2D eigenvalue weighted by molar-refractivity contribution is 5.92. The fraction of sp³-hybridized carbons (Fsp3) is 0.591. The van der Waals surface area contributed by atoms with Crippen molar-refractivity contribution in [3.05, 3.63) is 48.1 Å². The summed E-state index contributed by atoms with van der Waals surface area (Å²) in [6, 6.07) is 0. The lowest BCUT2D eigenvalue weighted by atomic mass is 9.63. The van der Waals surface area contributed by atoms with Crippen molar-refractivity contribution >= 4 is 5.78 Å². The molecule has 1 aliphatic carbocycles. The van der Waals surface area contributed by atoms with E-state index in [2.05, 4.69) is 46.1 Å². The van der Waals surface area contributed by atoms with Crippen LogP contribution in [-0.4, -0.2) is 23.8 Å². The van der Waals surface area contributed by atoms with Crippen LogP contribution in [0, 0.1) is 11.3 Å². The van der Waals surface area contributed by atoms with Crippen LogP contribution in [-0.2, 0) is 14.3 Å². The minimum absolute atomic E-state index is 0.0768. The molecule has 0 bridgehead atoms. The van der Waals surface area contributed by atoms with Gasteiger partial charge in [-0.25, -0.2) is 0 Å².